The molecule has 2 rings (SSSR count). The predicted octanol–water partition coefficient (Wildman–Crippen LogP) is 1.86. The van der Waals surface area contributed by atoms with Gasteiger partial charge in [-0.25, -0.2) is 12.8 Å². The summed E-state index contributed by atoms with van der Waals surface area (Å²) in [5.74, 6) is -0.545. The molecular weight excluding hydrogens is 379 g/mol. The third-order valence-corrected chi connectivity index (χ3v) is 6.21. The molecule has 9 heteroatoms. The quantitative estimate of drug-likeness (QED) is 0.751. The molecule has 1 aromatic carbocycles. The Morgan fingerprint density at radius 3 is 2.54 bits per heavy atom. The Labute approximate surface area is 158 Å². The molecule has 0 aromatic heterocycles. The summed E-state index contributed by atoms with van der Waals surface area (Å²) in [5.41, 5.74) is 0. The molecule has 6 nitrogen and oxygen atoms in total. The molecule has 0 radical (unpaired) electrons. The number of carbonyl (C=O) groups is 1. The van der Waals surface area contributed by atoms with E-state index < -0.39 is 26.8 Å². The monoisotopic (exact) mass is 404 g/mol. The van der Waals surface area contributed by atoms with Crippen LogP contribution in [0.5, 0.6) is 0 Å². The zero-order valence-corrected chi connectivity index (χ0v) is 16.8. The zero-order chi connectivity index (χ0) is 19.3. The number of thioether (sulfide) groups is 1. The molecule has 0 unspecified atom stereocenters. The van der Waals surface area contributed by atoms with Crippen molar-refractivity contribution in [2.45, 2.75) is 43.4 Å². The van der Waals surface area contributed by atoms with Gasteiger partial charge in [0.1, 0.15) is 16.8 Å². The van der Waals surface area contributed by atoms with Gasteiger partial charge in [-0.05, 0) is 44.4 Å². The summed E-state index contributed by atoms with van der Waals surface area (Å²) in [7, 11) is -4.14. The molecule has 0 spiro atoms. The highest BCUT2D eigenvalue weighted by atomic mass is 32.2. The van der Waals surface area contributed by atoms with Gasteiger partial charge in [-0.15, -0.1) is 0 Å². The van der Waals surface area contributed by atoms with E-state index in [1.165, 1.54) is 30.0 Å². The van der Waals surface area contributed by atoms with Gasteiger partial charge in [0, 0.05) is 13.1 Å². The maximum absolute atomic E-state index is 13.9. The molecule has 1 heterocycles. The third kappa shape index (κ3) is 5.42. The molecule has 1 aliphatic rings. The van der Waals surface area contributed by atoms with Gasteiger partial charge >= 0.3 is 0 Å². The number of sulfonamides is 1. The second-order valence-corrected chi connectivity index (χ2v) is 9.05. The molecule has 146 valence electrons. The first-order valence-electron chi connectivity index (χ1n) is 8.44. The van der Waals surface area contributed by atoms with E-state index >= 15 is 0 Å². The maximum atomic E-state index is 13.9. The van der Waals surface area contributed by atoms with Crippen molar-refractivity contribution >= 4 is 27.7 Å². The fourth-order valence-electron chi connectivity index (χ4n) is 2.96. The smallest absolute Gasteiger partial charge is 0.244 e. The first kappa shape index (κ1) is 21.1. The number of nitrogens with zero attached hydrogens (tertiary/aromatic N) is 1. The number of amides is 1. The highest BCUT2D eigenvalue weighted by Crippen LogP contribution is 2.17. The van der Waals surface area contributed by atoms with Crippen molar-refractivity contribution in [2.24, 2.45) is 0 Å². The van der Waals surface area contributed by atoms with Crippen molar-refractivity contribution in [3.63, 3.8) is 0 Å². The van der Waals surface area contributed by atoms with Crippen LogP contribution in [0, 0.1) is 5.82 Å². The van der Waals surface area contributed by atoms with E-state index in [9.17, 15) is 17.6 Å². The molecule has 0 aliphatic carbocycles. The predicted molar refractivity (Wildman–Crippen MR) is 100 cm³/mol. The lowest BCUT2D eigenvalue weighted by Gasteiger charge is -2.37. The molecule has 1 fully saturated rings. The van der Waals surface area contributed by atoms with E-state index in [-0.39, 0.29) is 18.1 Å². The third-order valence-electron chi connectivity index (χ3n) is 4.06. The van der Waals surface area contributed by atoms with Gasteiger partial charge in [0.25, 0.3) is 0 Å². The largest absolute Gasteiger partial charge is 0.372 e. The number of nitrogens with one attached hydrogen (secondary N) is 1. The molecule has 3 atom stereocenters. The molecule has 1 aliphatic heterocycles. The van der Waals surface area contributed by atoms with Gasteiger partial charge in [-0.2, -0.15) is 16.5 Å². The average molecular weight is 405 g/mol. The summed E-state index contributed by atoms with van der Waals surface area (Å²) in [6.07, 6.45) is 1.97. The minimum absolute atomic E-state index is 0.118. The molecule has 0 saturated carbocycles. The van der Waals surface area contributed by atoms with Gasteiger partial charge in [-0.3, -0.25) is 4.79 Å². The number of ether oxygens (including phenoxy) is 1. The van der Waals surface area contributed by atoms with Crippen molar-refractivity contribution in [2.75, 3.05) is 25.1 Å². The number of halogens is 1. The Morgan fingerprint density at radius 2 is 1.96 bits per heavy atom. The van der Waals surface area contributed by atoms with Crippen LogP contribution in [0.1, 0.15) is 20.3 Å². The van der Waals surface area contributed by atoms with Crippen molar-refractivity contribution in [1.82, 2.24) is 9.62 Å². The normalized spacial score (nSPS) is 22.2. The summed E-state index contributed by atoms with van der Waals surface area (Å²) in [4.78, 5) is 14.1. The van der Waals surface area contributed by atoms with Crippen LogP contribution in [0.2, 0.25) is 0 Å². The molecule has 1 aromatic rings. The van der Waals surface area contributed by atoms with Crippen LogP contribution in [0.4, 0.5) is 4.39 Å². The minimum Gasteiger partial charge on any atom is -0.372 e. The Bertz CT molecular complexity index is 719. The van der Waals surface area contributed by atoms with E-state index in [2.05, 4.69) is 4.72 Å². The molecule has 1 N–H and O–H groups in total. The van der Waals surface area contributed by atoms with E-state index in [1.807, 2.05) is 20.1 Å². The number of carbonyl (C=O) groups excluding carboxylic acids is 1. The van der Waals surface area contributed by atoms with E-state index in [0.29, 0.717) is 25.3 Å². The first-order chi connectivity index (χ1) is 12.2. The van der Waals surface area contributed by atoms with Crippen molar-refractivity contribution in [3.8, 4) is 0 Å². The zero-order valence-electron chi connectivity index (χ0n) is 15.1. The van der Waals surface area contributed by atoms with Gasteiger partial charge in [0.15, 0.2) is 0 Å². The number of hydrogen-bond donors (Lipinski definition) is 1. The SMILES string of the molecule is CSCC[C@@H](NS(=O)(=O)c1ccccc1F)C(=O)N1C[C@@H](C)O[C@H](C)C1. The lowest BCUT2D eigenvalue weighted by Crippen LogP contribution is -2.55. The van der Waals surface area contributed by atoms with Crippen molar-refractivity contribution in [1.29, 1.82) is 0 Å². The van der Waals surface area contributed by atoms with Crippen molar-refractivity contribution in [3.05, 3.63) is 30.1 Å². The van der Waals surface area contributed by atoms with Crippen LogP contribution < -0.4 is 4.72 Å². The summed E-state index contributed by atoms with van der Waals surface area (Å²) in [5, 5.41) is 0. The molecule has 26 heavy (non-hydrogen) atoms. The standard InChI is InChI=1S/C17H25FN2O4S2/c1-12-10-20(11-13(2)24-12)17(21)15(8-9-25-3)19-26(22,23)16-7-5-4-6-14(16)18/h4-7,12-13,15,19H,8-11H2,1-3H3/t12-,13-,15-/m1/s1. The average Bonchev–Trinajstić information content (AvgIpc) is 2.57. The lowest BCUT2D eigenvalue weighted by molar-refractivity contribution is -0.145. The number of morpholine rings is 1. The molecule has 1 saturated heterocycles. The van der Waals surface area contributed by atoms with E-state index in [0.717, 1.165) is 6.07 Å². The maximum Gasteiger partial charge on any atom is 0.244 e. The summed E-state index contributed by atoms with van der Waals surface area (Å²) in [6, 6.07) is 4.19. The van der Waals surface area contributed by atoms with Crippen LogP contribution >= 0.6 is 11.8 Å². The second-order valence-electron chi connectivity index (χ2n) is 6.39. The van der Waals surface area contributed by atoms with Crippen LogP contribution in [0.25, 0.3) is 0 Å². The second kappa shape index (κ2) is 9.16. The Hall–Kier alpha value is -1.16. The van der Waals surface area contributed by atoms with Crippen LogP contribution in [-0.4, -0.2) is 62.6 Å². The number of rotatable bonds is 7. The van der Waals surface area contributed by atoms with E-state index in [4.69, 9.17) is 4.74 Å². The Balaban J connectivity index is 2.21. The van der Waals surface area contributed by atoms with Gasteiger partial charge in [-0.1, -0.05) is 12.1 Å². The number of benzene rings is 1. The highest BCUT2D eigenvalue weighted by molar-refractivity contribution is 7.98. The van der Waals surface area contributed by atoms with Crippen LogP contribution in [-0.2, 0) is 19.6 Å². The van der Waals surface area contributed by atoms with Crippen LogP contribution in [0.3, 0.4) is 0 Å². The fraction of sp³-hybridized carbons (Fsp3) is 0.588. The summed E-state index contributed by atoms with van der Waals surface area (Å²) in [6.45, 7) is 4.55. The van der Waals surface area contributed by atoms with Gasteiger partial charge in [0.2, 0.25) is 15.9 Å². The Morgan fingerprint density at radius 1 is 1.35 bits per heavy atom. The first-order valence-corrected chi connectivity index (χ1v) is 11.3. The molecule has 0 bridgehead atoms. The minimum atomic E-state index is -4.14. The van der Waals surface area contributed by atoms with Gasteiger partial charge < -0.3 is 9.64 Å². The van der Waals surface area contributed by atoms with Crippen LogP contribution in [0.15, 0.2) is 29.2 Å². The number of hydrogen-bond acceptors (Lipinski definition) is 5. The van der Waals surface area contributed by atoms with E-state index in [1.54, 1.807) is 4.90 Å². The summed E-state index contributed by atoms with van der Waals surface area (Å²) >= 11 is 1.52. The topological polar surface area (TPSA) is 75.7 Å². The highest BCUT2D eigenvalue weighted by Gasteiger charge is 2.33. The summed E-state index contributed by atoms with van der Waals surface area (Å²) < 4.78 is 47.1. The van der Waals surface area contributed by atoms with Crippen molar-refractivity contribution < 1.29 is 22.3 Å². The Kier molecular flexibility index (Phi) is 7.45. The molecular formula is C17H25FN2O4S2. The van der Waals surface area contributed by atoms with Gasteiger partial charge in [0.05, 0.1) is 12.2 Å². The molecule has 1 amide bonds. The fourth-order valence-corrected chi connectivity index (χ4v) is 4.73. The lowest BCUT2D eigenvalue weighted by atomic mass is 10.1.